The number of rotatable bonds is 3. The number of halogens is 4. The topological polar surface area (TPSA) is 12.0 Å². The van der Waals surface area contributed by atoms with E-state index in [4.69, 9.17) is 11.6 Å². The molecule has 1 aliphatic rings. The largest absolute Gasteiger partial charge is 0.382 e. The summed E-state index contributed by atoms with van der Waals surface area (Å²) >= 11 is 5.95. The van der Waals surface area contributed by atoms with Gasteiger partial charge in [0.05, 0.1) is 0 Å². The van der Waals surface area contributed by atoms with E-state index in [1.54, 1.807) is 0 Å². The first-order valence-corrected chi connectivity index (χ1v) is 7.07. The molecule has 0 aromatic heterocycles. The lowest BCUT2D eigenvalue weighted by Gasteiger charge is -2.37. The summed E-state index contributed by atoms with van der Waals surface area (Å²) in [5.41, 5.74) is 1.43. The highest BCUT2D eigenvalue weighted by Gasteiger charge is 2.30. The van der Waals surface area contributed by atoms with Gasteiger partial charge in [-0.2, -0.15) is 0 Å². The Hall–Kier alpha value is -1.68. The van der Waals surface area contributed by atoms with Gasteiger partial charge in [0.25, 0.3) is 0 Å². The second kappa shape index (κ2) is 5.60. The zero-order valence-electron chi connectivity index (χ0n) is 11.0. The van der Waals surface area contributed by atoms with Gasteiger partial charge in [-0.25, -0.2) is 13.2 Å². The van der Waals surface area contributed by atoms with Gasteiger partial charge in [0.1, 0.15) is 0 Å². The van der Waals surface area contributed by atoms with E-state index < -0.39 is 17.5 Å². The summed E-state index contributed by atoms with van der Waals surface area (Å²) in [6, 6.07) is 9.75. The summed E-state index contributed by atoms with van der Waals surface area (Å²) in [5, 5.41) is 3.72. The lowest BCUT2D eigenvalue weighted by Crippen LogP contribution is -2.34. The Morgan fingerprint density at radius 2 is 1.67 bits per heavy atom. The molecule has 0 saturated heterocycles. The summed E-state index contributed by atoms with van der Waals surface area (Å²) in [4.78, 5) is 0. The van der Waals surface area contributed by atoms with Crippen LogP contribution >= 0.6 is 11.6 Å². The third-order valence-corrected chi connectivity index (χ3v) is 4.05. The minimum absolute atomic E-state index is 0.123. The smallest absolute Gasteiger partial charge is 0.194 e. The Balaban J connectivity index is 1.62. The van der Waals surface area contributed by atoms with Crippen LogP contribution in [0.4, 0.5) is 18.9 Å². The molecular weight excluding hydrogens is 299 g/mol. The summed E-state index contributed by atoms with van der Waals surface area (Å²) in [6.45, 7) is 0. The van der Waals surface area contributed by atoms with Crippen LogP contribution in [-0.2, 0) is 0 Å². The molecule has 1 nitrogen and oxygen atoms in total. The Morgan fingerprint density at radius 1 is 1.00 bits per heavy atom. The third kappa shape index (κ3) is 3.00. The monoisotopic (exact) mass is 311 g/mol. The summed E-state index contributed by atoms with van der Waals surface area (Å²) in [7, 11) is 0. The molecule has 110 valence electrons. The van der Waals surface area contributed by atoms with Crippen molar-refractivity contribution in [3.63, 3.8) is 0 Å². The fraction of sp³-hybridized carbons (Fsp3) is 0.250. The average molecular weight is 312 g/mol. The van der Waals surface area contributed by atoms with E-state index in [0.29, 0.717) is 10.9 Å². The average Bonchev–Trinajstić information content (AvgIpc) is 2.39. The zero-order valence-corrected chi connectivity index (χ0v) is 11.8. The fourth-order valence-electron chi connectivity index (χ4n) is 2.64. The fourth-order valence-corrected chi connectivity index (χ4v) is 2.84. The normalized spacial score (nSPS) is 21.0. The van der Waals surface area contributed by atoms with Gasteiger partial charge >= 0.3 is 0 Å². The van der Waals surface area contributed by atoms with Gasteiger partial charge in [0, 0.05) is 28.9 Å². The van der Waals surface area contributed by atoms with Crippen LogP contribution in [0.2, 0.25) is 5.02 Å². The first-order chi connectivity index (χ1) is 10.0. The van der Waals surface area contributed by atoms with Crippen LogP contribution in [-0.4, -0.2) is 6.04 Å². The van der Waals surface area contributed by atoms with Gasteiger partial charge in [-0.15, -0.1) is 0 Å². The SMILES string of the molecule is Fc1cc(NC2CC(c3cccc(Cl)c3)C2)cc(F)c1F. The molecule has 2 aromatic rings. The van der Waals surface area contributed by atoms with E-state index in [2.05, 4.69) is 5.32 Å². The highest BCUT2D eigenvalue weighted by atomic mass is 35.5. The Bertz CT molecular complexity index is 645. The quantitative estimate of drug-likeness (QED) is 0.776. The molecule has 0 bridgehead atoms. The van der Waals surface area contributed by atoms with E-state index in [0.717, 1.165) is 30.5 Å². The molecule has 2 aromatic carbocycles. The second-order valence-electron chi connectivity index (χ2n) is 5.32. The lowest BCUT2D eigenvalue weighted by molar-refractivity contribution is 0.373. The second-order valence-corrected chi connectivity index (χ2v) is 5.75. The first-order valence-electron chi connectivity index (χ1n) is 6.69. The predicted octanol–water partition coefficient (Wildman–Crippen LogP) is 5.12. The molecule has 0 aliphatic heterocycles. The summed E-state index contributed by atoms with van der Waals surface area (Å²) < 4.78 is 39.1. The summed E-state index contributed by atoms with van der Waals surface area (Å²) in [5.74, 6) is -3.41. The molecule has 0 unspecified atom stereocenters. The number of hydrogen-bond donors (Lipinski definition) is 1. The Kier molecular flexibility index (Phi) is 3.81. The number of benzene rings is 2. The van der Waals surface area contributed by atoms with Crippen molar-refractivity contribution < 1.29 is 13.2 Å². The van der Waals surface area contributed by atoms with Gasteiger partial charge < -0.3 is 5.32 Å². The first kappa shape index (κ1) is 14.3. The number of nitrogens with one attached hydrogen (secondary N) is 1. The molecule has 21 heavy (non-hydrogen) atoms. The van der Waals surface area contributed by atoms with Gasteiger partial charge in [0.2, 0.25) is 0 Å². The summed E-state index contributed by atoms with van der Waals surface area (Å²) in [6.07, 6.45) is 1.70. The van der Waals surface area contributed by atoms with E-state index in [9.17, 15) is 13.2 Å². The van der Waals surface area contributed by atoms with E-state index in [1.807, 2.05) is 24.3 Å². The molecule has 5 heteroatoms. The molecule has 0 spiro atoms. The van der Waals surface area contributed by atoms with Crippen LogP contribution in [0.5, 0.6) is 0 Å². The maximum Gasteiger partial charge on any atom is 0.194 e. The molecule has 0 atom stereocenters. The van der Waals surface area contributed by atoms with Crippen molar-refractivity contribution in [3.8, 4) is 0 Å². The zero-order chi connectivity index (χ0) is 15.0. The van der Waals surface area contributed by atoms with Gasteiger partial charge in [0.15, 0.2) is 17.5 Å². The highest BCUT2D eigenvalue weighted by molar-refractivity contribution is 6.30. The van der Waals surface area contributed by atoms with Crippen molar-refractivity contribution in [2.75, 3.05) is 5.32 Å². The molecule has 0 heterocycles. The molecule has 1 fully saturated rings. The Labute approximate surface area is 125 Å². The molecule has 1 N–H and O–H groups in total. The third-order valence-electron chi connectivity index (χ3n) is 3.81. The van der Waals surface area contributed by atoms with Crippen molar-refractivity contribution in [1.82, 2.24) is 0 Å². The van der Waals surface area contributed by atoms with Crippen molar-refractivity contribution in [2.45, 2.75) is 24.8 Å². The van der Waals surface area contributed by atoms with Crippen molar-refractivity contribution >= 4 is 17.3 Å². The van der Waals surface area contributed by atoms with Crippen molar-refractivity contribution in [1.29, 1.82) is 0 Å². The van der Waals surface area contributed by atoms with Crippen LogP contribution in [0.15, 0.2) is 36.4 Å². The standard InChI is InChI=1S/C16H13ClF3N/c17-11-3-1-2-9(4-11)10-5-12(6-10)21-13-7-14(18)16(20)15(19)8-13/h1-4,7-8,10,12,21H,5-6H2. The molecule has 0 amide bonds. The predicted molar refractivity (Wildman–Crippen MR) is 77.2 cm³/mol. The Morgan fingerprint density at radius 3 is 2.29 bits per heavy atom. The van der Waals surface area contributed by atoms with Gasteiger partial charge in [-0.1, -0.05) is 23.7 Å². The molecule has 1 saturated carbocycles. The highest BCUT2D eigenvalue weighted by Crippen LogP contribution is 2.39. The lowest BCUT2D eigenvalue weighted by atomic mass is 9.76. The number of hydrogen-bond acceptors (Lipinski definition) is 1. The molecule has 1 aliphatic carbocycles. The van der Waals surface area contributed by atoms with E-state index in [1.165, 1.54) is 0 Å². The maximum atomic E-state index is 13.1. The van der Waals surface area contributed by atoms with Crippen molar-refractivity contribution in [2.24, 2.45) is 0 Å². The van der Waals surface area contributed by atoms with Crippen LogP contribution in [0, 0.1) is 17.5 Å². The van der Waals surface area contributed by atoms with Gasteiger partial charge in [-0.3, -0.25) is 0 Å². The maximum absolute atomic E-state index is 13.1. The van der Waals surface area contributed by atoms with Crippen LogP contribution in [0.25, 0.3) is 0 Å². The van der Waals surface area contributed by atoms with Crippen LogP contribution in [0.1, 0.15) is 24.3 Å². The number of anilines is 1. The molecule has 3 rings (SSSR count). The molecule has 0 radical (unpaired) electrons. The van der Waals surface area contributed by atoms with Gasteiger partial charge in [-0.05, 0) is 36.5 Å². The molecular formula is C16H13ClF3N. The van der Waals surface area contributed by atoms with E-state index >= 15 is 0 Å². The van der Waals surface area contributed by atoms with E-state index in [-0.39, 0.29) is 11.7 Å². The van der Waals surface area contributed by atoms with Crippen molar-refractivity contribution in [3.05, 3.63) is 64.4 Å². The van der Waals surface area contributed by atoms with Crippen LogP contribution < -0.4 is 5.32 Å². The minimum Gasteiger partial charge on any atom is -0.382 e. The minimum atomic E-state index is -1.44. The van der Waals surface area contributed by atoms with Crippen LogP contribution in [0.3, 0.4) is 0 Å².